The molecule has 14 heavy (non-hydrogen) atoms. The SMILES string of the molecule is CNc1ncn2c1C(=O)N(C)C(=O)C2. The Kier molecular flexibility index (Phi) is 1.77. The molecule has 0 spiro atoms. The molecule has 1 aliphatic heterocycles. The lowest BCUT2D eigenvalue weighted by Crippen LogP contribution is -2.41. The number of carbonyl (C=O) groups is 2. The minimum absolute atomic E-state index is 0.173. The molecule has 1 aromatic rings. The number of hydrogen-bond acceptors (Lipinski definition) is 4. The summed E-state index contributed by atoms with van der Waals surface area (Å²) in [7, 11) is 3.16. The molecule has 2 heterocycles. The number of imidazole rings is 1. The number of carbonyl (C=O) groups excluding carboxylic acids is 2. The second-order valence-corrected chi connectivity index (χ2v) is 3.08. The van der Waals surface area contributed by atoms with Crippen molar-refractivity contribution in [2.24, 2.45) is 0 Å². The minimum Gasteiger partial charge on any atom is -0.371 e. The average Bonchev–Trinajstić information content (AvgIpc) is 2.57. The molecule has 1 aliphatic rings. The molecule has 0 saturated heterocycles. The number of imide groups is 1. The van der Waals surface area contributed by atoms with Crippen LogP contribution in [0.3, 0.4) is 0 Å². The van der Waals surface area contributed by atoms with Crippen molar-refractivity contribution in [1.82, 2.24) is 14.5 Å². The monoisotopic (exact) mass is 194 g/mol. The van der Waals surface area contributed by atoms with Crippen molar-refractivity contribution >= 4 is 17.6 Å². The zero-order chi connectivity index (χ0) is 10.3. The summed E-state index contributed by atoms with van der Waals surface area (Å²) in [5.41, 5.74) is 0.439. The van der Waals surface area contributed by atoms with Crippen molar-refractivity contribution in [3.63, 3.8) is 0 Å². The molecule has 0 saturated carbocycles. The number of nitrogens with one attached hydrogen (secondary N) is 1. The molecule has 2 rings (SSSR count). The third kappa shape index (κ3) is 1.00. The van der Waals surface area contributed by atoms with Gasteiger partial charge in [-0.15, -0.1) is 0 Å². The number of fused-ring (bicyclic) bond motifs is 1. The summed E-state index contributed by atoms with van der Waals surface area (Å²) < 4.78 is 1.55. The second kappa shape index (κ2) is 2.83. The van der Waals surface area contributed by atoms with Gasteiger partial charge in [0.25, 0.3) is 5.91 Å². The Hall–Kier alpha value is -1.85. The van der Waals surface area contributed by atoms with Crippen molar-refractivity contribution in [2.75, 3.05) is 19.4 Å². The first kappa shape index (κ1) is 8.74. The highest BCUT2D eigenvalue weighted by Gasteiger charge is 2.30. The fourth-order valence-corrected chi connectivity index (χ4v) is 1.43. The zero-order valence-corrected chi connectivity index (χ0v) is 7.94. The molecule has 74 valence electrons. The summed E-state index contributed by atoms with van der Waals surface area (Å²) in [5.74, 6) is -0.0278. The summed E-state index contributed by atoms with van der Waals surface area (Å²) in [6.07, 6.45) is 1.49. The van der Waals surface area contributed by atoms with Crippen LogP contribution in [0.15, 0.2) is 6.33 Å². The molecule has 1 aromatic heterocycles. The molecule has 0 unspecified atom stereocenters. The number of nitrogens with zero attached hydrogens (tertiary/aromatic N) is 3. The van der Waals surface area contributed by atoms with Crippen LogP contribution in [0, 0.1) is 0 Å². The Morgan fingerprint density at radius 2 is 2.21 bits per heavy atom. The predicted molar refractivity (Wildman–Crippen MR) is 48.9 cm³/mol. The van der Waals surface area contributed by atoms with Gasteiger partial charge < -0.3 is 9.88 Å². The molecule has 2 amide bonds. The van der Waals surface area contributed by atoms with E-state index in [9.17, 15) is 9.59 Å². The highest BCUT2D eigenvalue weighted by Crippen LogP contribution is 2.19. The van der Waals surface area contributed by atoms with E-state index in [-0.39, 0.29) is 18.4 Å². The Morgan fingerprint density at radius 1 is 1.50 bits per heavy atom. The lowest BCUT2D eigenvalue weighted by Gasteiger charge is -2.22. The molecule has 0 atom stereocenters. The maximum atomic E-state index is 11.7. The van der Waals surface area contributed by atoms with E-state index in [1.165, 1.54) is 13.4 Å². The van der Waals surface area contributed by atoms with Gasteiger partial charge in [-0.3, -0.25) is 14.5 Å². The van der Waals surface area contributed by atoms with Crippen LogP contribution in [0.1, 0.15) is 10.5 Å². The summed E-state index contributed by atoms with van der Waals surface area (Å²) in [6.45, 7) is 0.173. The van der Waals surface area contributed by atoms with Crippen LogP contribution in [0.25, 0.3) is 0 Å². The van der Waals surface area contributed by atoms with Crippen molar-refractivity contribution < 1.29 is 9.59 Å². The number of amides is 2. The largest absolute Gasteiger partial charge is 0.371 e. The number of aromatic nitrogens is 2. The maximum absolute atomic E-state index is 11.7. The van der Waals surface area contributed by atoms with E-state index in [2.05, 4.69) is 10.3 Å². The predicted octanol–water partition coefficient (Wildman–Crippen LogP) is -0.463. The quantitative estimate of drug-likeness (QED) is 0.614. The van der Waals surface area contributed by atoms with Crippen LogP contribution in [-0.4, -0.2) is 40.4 Å². The average molecular weight is 194 g/mol. The summed E-state index contributed by atoms with van der Waals surface area (Å²) >= 11 is 0. The van der Waals surface area contributed by atoms with E-state index in [1.54, 1.807) is 11.6 Å². The van der Waals surface area contributed by atoms with Crippen LogP contribution >= 0.6 is 0 Å². The minimum atomic E-state index is -0.317. The fourth-order valence-electron chi connectivity index (χ4n) is 1.43. The highest BCUT2D eigenvalue weighted by atomic mass is 16.2. The van der Waals surface area contributed by atoms with Gasteiger partial charge in [0.15, 0.2) is 11.5 Å². The molecule has 0 fully saturated rings. The smallest absolute Gasteiger partial charge is 0.280 e. The summed E-state index contributed by atoms with van der Waals surface area (Å²) in [6, 6.07) is 0. The van der Waals surface area contributed by atoms with Crippen molar-refractivity contribution in [3.05, 3.63) is 12.0 Å². The van der Waals surface area contributed by atoms with Gasteiger partial charge in [0.2, 0.25) is 5.91 Å². The molecule has 6 nitrogen and oxygen atoms in total. The normalized spacial score (nSPS) is 15.7. The van der Waals surface area contributed by atoms with E-state index >= 15 is 0 Å². The number of rotatable bonds is 1. The third-order valence-electron chi connectivity index (χ3n) is 2.26. The van der Waals surface area contributed by atoms with Gasteiger partial charge in [-0.1, -0.05) is 0 Å². The molecule has 6 heteroatoms. The van der Waals surface area contributed by atoms with Gasteiger partial charge in [-0.25, -0.2) is 4.98 Å². The Labute approximate surface area is 80.5 Å². The first-order valence-electron chi connectivity index (χ1n) is 4.19. The van der Waals surface area contributed by atoms with Crippen molar-refractivity contribution in [1.29, 1.82) is 0 Å². The first-order chi connectivity index (χ1) is 6.65. The lowest BCUT2D eigenvalue weighted by molar-refractivity contribution is -0.128. The van der Waals surface area contributed by atoms with Crippen LogP contribution in [0.5, 0.6) is 0 Å². The van der Waals surface area contributed by atoms with E-state index in [0.29, 0.717) is 11.5 Å². The Morgan fingerprint density at radius 3 is 2.86 bits per heavy atom. The van der Waals surface area contributed by atoms with Gasteiger partial charge in [0, 0.05) is 14.1 Å². The molecular weight excluding hydrogens is 184 g/mol. The van der Waals surface area contributed by atoms with Crippen LogP contribution in [-0.2, 0) is 11.3 Å². The van der Waals surface area contributed by atoms with E-state index in [0.717, 1.165) is 4.90 Å². The van der Waals surface area contributed by atoms with Gasteiger partial charge in [0.1, 0.15) is 6.54 Å². The molecule has 1 N–H and O–H groups in total. The maximum Gasteiger partial charge on any atom is 0.280 e. The molecule has 0 aromatic carbocycles. The Balaban J connectivity index is 2.54. The first-order valence-corrected chi connectivity index (χ1v) is 4.19. The number of likely N-dealkylation sites (N-methyl/N-ethyl adjacent to an activating group) is 1. The number of anilines is 1. The molecule has 0 radical (unpaired) electrons. The molecule has 0 aliphatic carbocycles. The van der Waals surface area contributed by atoms with Crippen LogP contribution in [0.4, 0.5) is 5.82 Å². The van der Waals surface area contributed by atoms with E-state index in [1.807, 2.05) is 0 Å². The van der Waals surface area contributed by atoms with Crippen molar-refractivity contribution in [3.8, 4) is 0 Å². The standard InChI is InChI=1S/C8H10N4O2/c1-9-7-6-8(14)11(2)5(13)3-12(6)4-10-7/h4,9H,3H2,1-2H3. The van der Waals surface area contributed by atoms with E-state index < -0.39 is 0 Å². The summed E-state index contributed by atoms with van der Waals surface area (Å²) in [5, 5.41) is 2.81. The Bertz CT molecular complexity index is 409. The second-order valence-electron chi connectivity index (χ2n) is 3.08. The van der Waals surface area contributed by atoms with Crippen LogP contribution in [0.2, 0.25) is 0 Å². The van der Waals surface area contributed by atoms with Gasteiger partial charge in [0.05, 0.1) is 6.33 Å². The molecular formula is C8H10N4O2. The van der Waals surface area contributed by atoms with E-state index in [4.69, 9.17) is 0 Å². The van der Waals surface area contributed by atoms with Gasteiger partial charge in [-0.05, 0) is 0 Å². The van der Waals surface area contributed by atoms with Crippen LogP contribution < -0.4 is 5.32 Å². The zero-order valence-electron chi connectivity index (χ0n) is 7.94. The van der Waals surface area contributed by atoms with Gasteiger partial charge >= 0.3 is 0 Å². The van der Waals surface area contributed by atoms with Crippen molar-refractivity contribution in [2.45, 2.75) is 6.54 Å². The molecule has 0 bridgehead atoms. The lowest BCUT2D eigenvalue weighted by atomic mass is 10.3. The fraction of sp³-hybridized carbons (Fsp3) is 0.375. The van der Waals surface area contributed by atoms with Gasteiger partial charge in [-0.2, -0.15) is 0 Å². The number of hydrogen-bond donors (Lipinski definition) is 1. The summed E-state index contributed by atoms with van der Waals surface area (Å²) in [4.78, 5) is 28.1. The third-order valence-corrected chi connectivity index (χ3v) is 2.26. The highest BCUT2D eigenvalue weighted by molar-refractivity contribution is 6.08. The topological polar surface area (TPSA) is 67.2 Å².